The van der Waals surface area contributed by atoms with E-state index in [1.54, 1.807) is 0 Å². The Morgan fingerprint density at radius 1 is 1.05 bits per heavy atom. The average Bonchev–Trinajstić information content (AvgIpc) is 2.92. The van der Waals surface area contributed by atoms with Gasteiger partial charge in [0, 0.05) is 12.0 Å². The van der Waals surface area contributed by atoms with E-state index in [0.29, 0.717) is 11.3 Å². The Kier molecular flexibility index (Phi) is 3.85. The molecule has 0 spiro atoms. The molecule has 2 aliphatic carbocycles. The summed E-state index contributed by atoms with van der Waals surface area (Å²) < 4.78 is 5.64. The summed E-state index contributed by atoms with van der Waals surface area (Å²) >= 11 is 0. The molecule has 2 fully saturated rings. The van der Waals surface area contributed by atoms with Crippen LogP contribution in [-0.4, -0.2) is 16.2 Å². The first kappa shape index (κ1) is 15.0. The maximum Gasteiger partial charge on any atom is 0.234 e. The number of nitrogens with zero attached hydrogens (tertiary/aromatic N) is 2. The molecule has 1 aromatic heterocycles. The Labute approximate surface area is 127 Å². The third-order valence-electron chi connectivity index (χ3n) is 5.91. The molecule has 2 aliphatic rings. The summed E-state index contributed by atoms with van der Waals surface area (Å²) in [5, 5.41) is 4.30. The summed E-state index contributed by atoms with van der Waals surface area (Å²) in [5.41, 5.74) is 6.69. The first-order valence-corrected chi connectivity index (χ1v) is 8.50. The minimum Gasteiger partial charge on any atom is -0.339 e. The van der Waals surface area contributed by atoms with Gasteiger partial charge in [0.15, 0.2) is 5.82 Å². The maximum atomic E-state index is 6.34. The van der Waals surface area contributed by atoms with Gasteiger partial charge in [0.2, 0.25) is 5.89 Å². The quantitative estimate of drug-likeness (QED) is 0.897. The lowest BCUT2D eigenvalue weighted by Crippen LogP contribution is -2.45. The number of hydrogen-bond donors (Lipinski definition) is 1. The van der Waals surface area contributed by atoms with Crippen molar-refractivity contribution in [2.24, 2.45) is 11.1 Å². The fourth-order valence-corrected chi connectivity index (χ4v) is 3.92. The van der Waals surface area contributed by atoms with Gasteiger partial charge in [-0.25, -0.2) is 0 Å². The third-order valence-corrected chi connectivity index (χ3v) is 5.91. The molecule has 1 heterocycles. The molecule has 0 bridgehead atoms. The van der Waals surface area contributed by atoms with E-state index in [1.807, 2.05) is 0 Å². The summed E-state index contributed by atoms with van der Waals surface area (Å²) in [4.78, 5) is 4.77. The highest BCUT2D eigenvalue weighted by molar-refractivity contribution is 5.11. The highest BCUT2D eigenvalue weighted by atomic mass is 16.5. The highest BCUT2D eigenvalue weighted by Crippen LogP contribution is 2.43. The van der Waals surface area contributed by atoms with Gasteiger partial charge in [0.1, 0.15) is 0 Å². The monoisotopic (exact) mass is 291 g/mol. The van der Waals surface area contributed by atoms with Crippen molar-refractivity contribution in [2.45, 2.75) is 89.5 Å². The Balaban J connectivity index is 1.74. The van der Waals surface area contributed by atoms with Crippen molar-refractivity contribution in [1.29, 1.82) is 0 Å². The van der Waals surface area contributed by atoms with Gasteiger partial charge < -0.3 is 10.3 Å². The molecule has 0 aromatic carbocycles. The van der Waals surface area contributed by atoms with Crippen LogP contribution < -0.4 is 5.73 Å². The summed E-state index contributed by atoms with van der Waals surface area (Å²) in [6.07, 6.45) is 9.40. The number of nitrogens with two attached hydrogens (primary N) is 1. The first-order valence-electron chi connectivity index (χ1n) is 8.50. The first-order chi connectivity index (χ1) is 9.91. The average molecular weight is 291 g/mol. The van der Waals surface area contributed by atoms with Crippen LogP contribution in [0, 0.1) is 5.41 Å². The van der Waals surface area contributed by atoms with Crippen LogP contribution in [-0.2, 0) is 5.41 Å². The summed E-state index contributed by atoms with van der Waals surface area (Å²) in [6.45, 7) is 6.90. The molecule has 0 saturated heterocycles. The second-order valence-electron chi connectivity index (χ2n) is 8.17. The molecule has 0 amide bonds. The molecule has 2 unspecified atom stereocenters. The minimum atomic E-state index is -0.128. The van der Waals surface area contributed by atoms with E-state index in [0.717, 1.165) is 24.6 Å². The van der Waals surface area contributed by atoms with Crippen molar-refractivity contribution in [3.63, 3.8) is 0 Å². The number of aromatic nitrogens is 2. The summed E-state index contributed by atoms with van der Waals surface area (Å²) in [6, 6.07) is 0.143. The second-order valence-corrected chi connectivity index (χ2v) is 8.17. The summed E-state index contributed by atoms with van der Waals surface area (Å²) in [5.74, 6) is 2.16. The van der Waals surface area contributed by atoms with Crippen molar-refractivity contribution in [1.82, 2.24) is 10.1 Å². The van der Waals surface area contributed by atoms with Crippen LogP contribution in [0.25, 0.3) is 0 Å². The zero-order valence-corrected chi connectivity index (χ0v) is 13.7. The van der Waals surface area contributed by atoms with Crippen LogP contribution in [0.15, 0.2) is 4.52 Å². The normalized spacial score (nSPS) is 34.0. The van der Waals surface area contributed by atoms with Crippen LogP contribution in [0.1, 0.15) is 89.8 Å². The van der Waals surface area contributed by atoms with Gasteiger partial charge in [-0.1, -0.05) is 31.8 Å². The molecule has 0 radical (unpaired) electrons. The van der Waals surface area contributed by atoms with Gasteiger partial charge >= 0.3 is 0 Å². The van der Waals surface area contributed by atoms with E-state index in [2.05, 4.69) is 25.9 Å². The molecule has 2 atom stereocenters. The van der Waals surface area contributed by atoms with Crippen molar-refractivity contribution in [3.05, 3.63) is 11.7 Å². The van der Waals surface area contributed by atoms with Crippen molar-refractivity contribution in [3.8, 4) is 0 Å². The Morgan fingerprint density at radius 2 is 1.76 bits per heavy atom. The van der Waals surface area contributed by atoms with Crippen LogP contribution in [0.3, 0.4) is 0 Å². The fourth-order valence-electron chi connectivity index (χ4n) is 3.92. The molecule has 21 heavy (non-hydrogen) atoms. The van der Waals surface area contributed by atoms with Gasteiger partial charge in [0.25, 0.3) is 0 Å². The fraction of sp³-hybridized carbons (Fsp3) is 0.882. The van der Waals surface area contributed by atoms with E-state index in [4.69, 9.17) is 15.2 Å². The zero-order valence-electron chi connectivity index (χ0n) is 13.7. The van der Waals surface area contributed by atoms with Crippen molar-refractivity contribution >= 4 is 0 Å². The van der Waals surface area contributed by atoms with Crippen LogP contribution in [0.2, 0.25) is 0 Å². The largest absolute Gasteiger partial charge is 0.339 e. The van der Waals surface area contributed by atoms with E-state index in [9.17, 15) is 0 Å². The van der Waals surface area contributed by atoms with E-state index >= 15 is 0 Å². The molecule has 1 aromatic rings. The van der Waals surface area contributed by atoms with Crippen molar-refractivity contribution < 1.29 is 4.52 Å². The van der Waals surface area contributed by atoms with E-state index in [1.165, 1.54) is 38.5 Å². The minimum absolute atomic E-state index is 0.128. The lowest BCUT2D eigenvalue weighted by molar-refractivity contribution is 0.201. The SMILES string of the molecule is CC1(C)CCC(c2noc(C3(C)CCCCC3N)n2)CC1. The van der Waals surface area contributed by atoms with E-state index < -0.39 is 0 Å². The highest BCUT2D eigenvalue weighted by Gasteiger charge is 2.41. The molecule has 118 valence electrons. The van der Waals surface area contributed by atoms with Gasteiger partial charge in [-0.3, -0.25) is 0 Å². The molecule has 3 rings (SSSR count). The summed E-state index contributed by atoms with van der Waals surface area (Å²) in [7, 11) is 0. The predicted molar refractivity (Wildman–Crippen MR) is 83.1 cm³/mol. The lowest BCUT2D eigenvalue weighted by Gasteiger charge is -2.36. The smallest absolute Gasteiger partial charge is 0.234 e. The van der Waals surface area contributed by atoms with Gasteiger partial charge in [-0.15, -0.1) is 0 Å². The standard InChI is InChI=1S/C17H29N3O/c1-16(2)10-7-12(8-11-16)14-19-15(21-20-14)17(3)9-5-4-6-13(17)18/h12-13H,4-11,18H2,1-3H3. The lowest BCUT2D eigenvalue weighted by atomic mass is 9.71. The molecule has 2 N–H and O–H groups in total. The maximum absolute atomic E-state index is 6.34. The molecular weight excluding hydrogens is 262 g/mol. The van der Waals surface area contributed by atoms with Crippen LogP contribution >= 0.6 is 0 Å². The van der Waals surface area contributed by atoms with E-state index in [-0.39, 0.29) is 11.5 Å². The predicted octanol–water partition coefficient (Wildman–Crippen LogP) is 3.91. The Bertz CT molecular complexity index is 486. The topological polar surface area (TPSA) is 64.9 Å². The molecule has 0 aliphatic heterocycles. The molecule has 4 heteroatoms. The van der Waals surface area contributed by atoms with Gasteiger partial charge in [-0.2, -0.15) is 4.98 Å². The zero-order chi connectivity index (χ0) is 15.1. The Morgan fingerprint density at radius 3 is 2.43 bits per heavy atom. The molecule has 4 nitrogen and oxygen atoms in total. The second kappa shape index (κ2) is 5.38. The van der Waals surface area contributed by atoms with Crippen LogP contribution in [0.4, 0.5) is 0 Å². The van der Waals surface area contributed by atoms with Gasteiger partial charge in [0.05, 0.1) is 5.41 Å². The Hall–Kier alpha value is -0.900. The van der Waals surface area contributed by atoms with Crippen molar-refractivity contribution in [2.75, 3.05) is 0 Å². The number of hydrogen-bond acceptors (Lipinski definition) is 4. The molecular formula is C17H29N3O. The number of rotatable bonds is 2. The van der Waals surface area contributed by atoms with Gasteiger partial charge in [-0.05, 0) is 50.9 Å². The van der Waals surface area contributed by atoms with Crippen LogP contribution in [0.5, 0.6) is 0 Å². The third kappa shape index (κ3) is 2.87. The molecule has 2 saturated carbocycles.